The summed E-state index contributed by atoms with van der Waals surface area (Å²) in [6.45, 7) is 5.54. The lowest BCUT2D eigenvalue weighted by molar-refractivity contribution is -0.102. The fraction of sp³-hybridized carbons (Fsp3) is 1.00. The van der Waals surface area contributed by atoms with Gasteiger partial charge in [0, 0.05) is 25.9 Å². The third-order valence-electron chi connectivity index (χ3n) is 6.60. The van der Waals surface area contributed by atoms with Crippen molar-refractivity contribution < 1.29 is 9.47 Å². The highest BCUT2D eigenvalue weighted by Crippen LogP contribution is 2.53. The molecule has 0 N–H and O–H groups in total. The van der Waals surface area contributed by atoms with Gasteiger partial charge in [0.15, 0.2) is 0 Å². The third kappa shape index (κ3) is 2.22. The number of fused-ring (bicyclic) bond motifs is 1. The smallest absolute Gasteiger partial charge is 0.0589 e. The standard InChI is InChI=1S/C17H31NO2/c1-4-13-12-20-10-8-16(13)17-11-15(19-3)6-5-14(17)7-9-18(17)2/h13-16H,4-12H2,1-3H3. The molecule has 0 spiro atoms. The SMILES string of the molecule is CCC1COCCC1C12CC(OC)CCC1CCN2C. The van der Waals surface area contributed by atoms with Gasteiger partial charge in [0.05, 0.1) is 6.10 Å². The van der Waals surface area contributed by atoms with Gasteiger partial charge in [-0.05, 0) is 63.5 Å². The second-order valence-electron chi connectivity index (χ2n) is 7.18. The Kier molecular flexibility index (Phi) is 4.40. The van der Waals surface area contributed by atoms with Crippen molar-refractivity contribution in [2.45, 2.75) is 57.1 Å². The highest BCUT2D eigenvalue weighted by molar-refractivity contribution is 5.10. The molecule has 5 unspecified atom stereocenters. The van der Waals surface area contributed by atoms with E-state index in [0.29, 0.717) is 11.6 Å². The predicted octanol–water partition coefficient (Wildman–Crippen LogP) is 2.94. The van der Waals surface area contributed by atoms with Crippen molar-refractivity contribution >= 4 is 0 Å². The Morgan fingerprint density at radius 3 is 2.85 bits per heavy atom. The van der Waals surface area contributed by atoms with Crippen LogP contribution in [0.25, 0.3) is 0 Å². The first-order valence-corrected chi connectivity index (χ1v) is 8.54. The van der Waals surface area contributed by atoms with Crippen molar-refractivity contribution in [2.75, 3.05) is 33.9 Å². The van der Waals surface area contributed by atoms with Crippen LogP contribution in [-0.4, -0.2) is 50.5 Å². The van der Waals surface area contributed by atoms with Crippen LogP contribution in [-0.2, 0) is 9.47 Å². The van der Waals surface area contributed by atoms with Crippen molar-refractivity contribution in [2.24, 2.45) is 17.8 Å². The molecule has 0 amide bonds. The lowest BCUT2D eigenvalue weighted by Crippen LogP contribution is -2.59. The maximum atomic E-state index is 5.78. The van der Waals surface area contributed by atoms with Gasteiger partial charge in [0.2, 0.25) is 0 Å². The van der Waals surface area contributed by atoms with E-state index >= 15 is 0 Å². The van der Waals surface area contributed by atoms with Crippen molar-refractivity contribution in [3.63, 3.8) is 0 Å². The van der Waals surface area contributed by atoms with E-state index in [1.807, 2.05) is 7.11 Å². The van der Waals surface area contributed by atoms with Gasteiger partial charge in [-0.3, -0.25) is 0 Å². The monoisotopic (exact) mass is 281 g/mol. The lowest BCUT2D eigenvalue weighted by atomic mass is 9.60. The zero-order valence-corrected chi connectivity index (χ0v) is 13.4. The van der Waals surface area contributed by atoms with Crippen LogP contribution < -0.4 is 0 Å². The normalized spacial score (nSPS) is 46.4. The first-order valence-electron chi connectivity index (χ1n) is 8.54. The summed E-state index contributed by atoms with van der Waals surface area (Å²) in [4.78, 5) is 2.70. The summed E-state index contributed by atoms with van der Waals surface area (Å²) < 4.78 is 11.6. The molecule has 3 heteroatoms. The molecule has 0 radical (unpaired) electrons. The number of likely N-dealkylation sites (tertiary alicyclic amines) is 1. The van der Waals surface area contributed by atoms with Crippen LogP contribution in [0.15, 0.2) is 0 Å². The number of nitrogens with zero attached hydrogens (tertiary/aromatic N) is 1. The van der Waals surface area contributed by atoms with Gasteiger partial charge in [-0.25, -0.2) is 0 Å². The Balaban J connectivity index is 1.90. The maximum absolute atomic E-state index is 5.78. The van der Waals surface area contributed by atoms with Gasteiger partial charge in [-0.2, -0.15) is 0 Å². The van der Waals surface area contributed by atoms with Crippen molar-refractivity contribution in [1.29, 1.82) is 0 Å². The second-order valence-corrected chi connectivity index (χ2v) is 7.18. The fourth-order valence-electron chi connectivity index (χ4n) is 5.49. The molecule has 3 fully saturated rings. The molecule has 2 heterocycles. The minimum Gasteiger partial charge on any atom is -0.381 e. The Morgan fingerprint density at radius 1 is 1.25 bits per heavy atom. The first kappa shape index (κ1) is 14.8. The molecule has 3 nitrogen and oxygen atoms in total. The summed E-state index contributed by atoms with van der Waals surface area (Å²) in [6.07, 6.45) is 8.22. The number of ether oxygens (including phenoxy) is 2. The Labute approximate surface area is 124 Å². The molecule has 3 rings (SSSR count). The molecule has 3 aliphatic rings. The van der Waals surface area contributed by atoms with Crippen molar-refractivity contribution in [1.82, 2.24) is 4.90 Å². The highest BCUT2D eigenvalue weighted by atomic mass is 16.5. The van der Waals surface area contributed by atoms with E-state index in [9.17, 15) is 0 Å². The van der Waals surface area contributed by atoms with E-state index in [4.69, 9.17) is 9.47 Å². The average Bonchev–Trinajstić information content (AvgIpc) is 2.84. The van der Waals surface area contributed by atoms with Gasteiger partial charge >= 0.3 is 0 Å². The molecule has 20 heavy (non-hydrogen) atoms. The molecular weight excluding hydrogens is 250 g/mol. The molecule has 116 valence electrons. The number of hydrogen-bond acceptors (Lipinski definition) is 3. The van der Waals surface area contributed by atoms with Gasteiger partial charge in [0.1, 0.15) is 0 Å². The topological polar surface area (TPSA) is 21.7 Å². The Bertz CT molecular complexity index is 335. The fourth-order valence-corrected chi connectivity index (χ4v) is 5.49. The quantitative estimate of drug-likeness (QED) is 0.794. The first-order chi connectivity index (χ1) is 9.72. The summed E-state index contributed by atoms with van der Waals surface area (Å²) >= 11 is 0. The summed E-state index contributed by atoms with van der Waals surface area (Å²) in [5.41, 5.74) is 0.392. The van der Waals surface area contributed by atoms with Gasteiger partial charge in [-0.15, -0.1) is 0 Å². The van der Waals surface area contributed by atoms with Crippen LogP contribution in [0.3, 0.4) is 0 Å². The molecule has 0 aromatic carbocycles. The molecule has 2 aliphatic heterocycles. The van der Waals surface area contributed by atoms with Crippen LogP contribution in [0.1, 0.15) is 45.4 Å². The Hall–Kier alpha value is -0.120. The molecule has 1 saturated carbocycles. The second kappa shape index (κ2) is 5.94. The van der Waals surface area contributed by atoms with Crippen LogP contribution in [0.2, 0.25) is 0 Å². The van der Waals surface area contributed by atoms with E-state index < -0.39 is 0 Å². The van der Waals surface area contributed by atoms with E-state index in [2.05, 4.69) is 18.9 Å². The number of hydrogen-bond donors (Lipinski definition) is 0. The zero-order valence-electron chi connectivity index (χ0n) is 13.4. The van der Waals surface area contributed by atoms with E-state index in [1.165, 1.54) is 45.1 Å². The molecule has 0 bridgehead atoms. The maximum Gasteiger partial charge on any atom is 0.0589 e. The van der Waals surface area contributed by atoms with Gasteiger partial charge < -0.3 is 14.4 Å². The number of rotatable bonds is 3. The van der Waals surface area contributed by atoms with Crippen LogP contribution in [0, 0.1) is 17.8 Å². The zero-order chi connectivity index (χ0) is 14.2. The molecule has 0 aromatic rings. The molecular formula is C17H31NO2. The minimum atomic E-state index is 0.392. The predicted molar refractivity (Wildman–Crippen MR) is 80.8 cm³/mol. The molecule has 1 aliphatic carbocycles. The van der Waals surface area contributed by atoms with Gasteiger partial charge in [0.25, 0.3) is 0 Å². The molecule has 0 aromatic heterocycles. The van der Waals surface area contributed by atoms with Crippen LogP contribution in [0.4, 0.5) is 0 Å². The Morgan fingerprint density at radius 2 is 2.10 bits per heavy atom. The summed E-state index contributed by atoms with van der Waals surface area (Å²) in [7, 11) is 4.26. The minimum absolute atomic E-state index is 0.392. The number of methoxy groups -OCH3 is 1. The summed E-state index contributed by atoms with van der Waals surface area (Å²) in [5, 5.41) is 0. The highest BCUT2D eigenvalue weighted by Gasteiger charge is 2.56. The van der Waals surface area contributed by atoms with E-state index in [-0.39, 0.29) is 0 Å². The van der Waals surface area contributed by atoms with Crippen molar-refractivity contribution in [3.05, 3.63) is 0 Å². The van der Waals surface area contributed by atoms with Crippen molar-refractivity contribution in [3.8, 4) is 0 Å². The largest absolute Gasteiger partial charge is 0.381 e. The van der Waals surface area contributed by atoms with Crippen LogP contribution in [0.5, 0.6) is 0 Å². The molecule has 2 saturated heterocycles. The van der Waals surface area contributed by atoms with Crippen LogP contribution >= 0.6 is 0 Å². The summed E-state index contributed by atoms with van der Waals surface area (Å²) in [6, 6.07) is 0. The summed E-state index contributed by atoms with van der Waals surface area (Å²) in [5.74, 6) is 2.43. The van der Waals surface area contributed by atoms with E-state index in [1.54, 1.807) is 0 Å². The van der Waals surface area contributed by atoms with Gasteiger partial charge in [-0.1, -0.05) is 13.3 Å². The molecule has 5 atom stereocenters. The van der Waals surface area contributed by atoms with E-state index in [0.717, 1.165) is 31.0 Å². The average molecular weight is 281 g/mol. The lowest BCUT2D eigenvalue weighted by Gasteiger charge is -2.54. The third-order valence-corrected chi connectivity index (χ3v) is 6.60.